The molecule has 2 fully saturated rings. The third kappa shape index (κ3) is 5.00. The van der Waals surface area contributed by atoms with Crippen molar-refractivity contribution in [1.82, 2.24) is 15.0 Å². The fraction of sp³-hybridized carbons (Fsp3) is 0.560. The Hall–Kier alpha value is -2.63. The molecule has 2 amide bonds. The first kappa shape index (κ1) is 21.6. The van der Waals surface area contributed by atoms with Gasteiger partial charge in [-0.05, 0) is 51.0 Å². The zero-order chi connectivity index (χ0) is 21.8. The van der Waals surface area contributed by atoms with Gasteiger partial charge in [0.15, 0.2) is 0 Å². The Kier molecular flexibility index (Phi) is 6.73. The zero-order valence-electron chi connectivity index (χ0n) is 18.7. The Morgan fingerprint density at radius 1 is 1.06 bits per heavy atom. The standard InChI is InChI=1S/C25H33N3O3/c1-18-23(19(2)31-26-18)16-24(29)27-14-11-21(12-15-27)22-10-6-7-13-28(25(22)30)17-20-8-4-3-5-9-20/h3-5,8-9,21-22H,6-7,10-17H2,1-2H3/t22-/m1/s1. The van der Waals surface area contributed by atoms with Crippen LogP contribution >= 0.6 is 0 Å². The summed E-state index contributed by atoms with van der Waals surface area (Å²) in [7, 11) is 0. The highest BCUT2D eigenvalue weighted by atomic mass is 16.5. The monoisotopic (exact) mass is 423 g/mol. The SMILES string of the molecule is Cc1noc(C)c1CC(=O)N1CCC([C@H]2CCCCN(Cc3ccccc3)C2=O)CC1. The smallest absolute Gasteiger partial charge is 0.227 e. The summed E-state index contributed by atoms with van der Waals surface area (Å²) in [5, 5.41) is 3.95. The van der Waals surface area contributed by atoms with Crippen LogP contribution in [0.3, 0.4) is 0 Å². The van der Waals surface area contributed by atoms with Crippen LogP contribution in [0, 0.1) is 25.7 Å². The molecule has 31 heavy (non-hydrogen) atoms. The zero-order valence-corrected chi connectivity index (χ0v) is 18.7. The average Bonchev–Trinajstić information content (AvgIpc) is 2.99. The van der Waals surface area contributed by atoms with E-state index in [2.05, 4.69) is 22.2 Å². The van der Waals surface area contributed by atoms with Gasteiger partial charge in [0.25, 0.3) is 0 Å². The van der Waals surface area contributed by atoms with Gasteiger partial charge in [-0.15, -0.1) is 0 Å². The van der Waals surface area contributed by atoms with Gasteiger partial charge in [0.05, 0.1) is 12.1 Å². The molecule has 1 atom stereocenters. The molecule has 0 aliphatic carbocycles. The molecule has 0 N–H and O–H groups in total. The fourth-order valence-electron chi connectivity index (χ4n) is 5.10. The Labute approximate surface area is 184 Å². The van der Waals surface area contributed by atoms with Gasteiger partial charge in [-0.1, -0.05) is 41.9 Å². The number of amides is 2. The molecule has 0 bridgehead atoms. The Balaban J connectivity index is 1.35. The molecule has 6 heteroatoms. The van der Waals surface area contributed by atoms with Gasteiger partial charge in [-0.25, -0.2) is 0 Å². The summed E-state index contributed by atoms with van der Waals surface area (Å²) in [4.78, 5) is 30.2. The molecular formula is C25H33N3O3. The Morgan fingerprint density at radius 3 is 2.48 bits per heavy atom. The first-order chi connectivity index (χ1) is 15.0. The molecule has 2 aliphatic heterocycles. The number of nitrogens with zero attached hydrogens (tertiary/aromatic N) is 3. The van der Waals surface area contributed by atoms with Gasteiger partial charge in [0.2, 0.25) is 11.8 Å². The molecule has 6 nitrogen and oxygen atoms in total. The molecule has 2 saturated heterocycles. The van der Waals surface area contributed by atoms with Crippen LogP contribution in [0.2, 0.25) is 0 Å². The van der Waals surface area contributed by atoms with Crippen molar-refractivity contribution in [3.8, 4) is 0 Å². The number of piperidine rings is 1. The van der Waals surface area contributed by atoms with Crippen molar-refractivity contribution in [2.75, 3.05) is 19.6 Å². The number of benzene rings is 1. The second-order valence-corrected chi connectivity index (χ2v) is 9.05. The molecule has 4 rings (SSSR count). The maximum Gasteiger partial charge on any atom is 0.227 e. The second kappa shape index (κ2) is 9.67. The van der Waals surface area contributed by atoms with Gasteiger partial charge < -0.3 is 14.3 Å². The van der Waals surface area contributed by atoms with E-state index < -0.39 is 0 Å². The minimum Gasteiger partial charge on any atom is -0.361 e. The number of aromatic nitrogens is 1. The van der Waals surface area contributed by atoms with Gasteiger partial charge in [-0.3, -0.25) is 9.59 Å². The van der Waals surface area contributed by atoms with Gasteiger partial charge in [0.1, 0.15) is 5.76 Å². The number of hydrogen-bond donors (Lipinski definition) is 0. The second-order valence-electron chi connectivity index (χ2n) is 9.05. The van der Waals surface area contributed by atoms with E-state index in [4.69, 9.17) is 4.52 Å². The lowest BCUT2D eigenvalue weighted by atomic mass is 9.81. The van der Waals surface area contributed by atoms with Crippen molar-refractivity contribution >= 4 is 11.8 Å². The third-order valence-corrected chi connectivity index (χ3v) is 7.01. The summed E-state index contributed by atoms with van der Waals surface area (Å²) in [6.07, 6.45) is 5.31. The fourth-order valence-corrected chi connectivity index (χ4v) is 5.10. The van der Waals surface area contributed by atoms with E-state index in [1.165, 1.54) is 5.56 Å². The average molecular weight is 424 g/mol. The topological polar surface area (TPSA) is 66.7 Å². The van der Waals surface area contributed by atoms with Gasteiger partial charge >= 0.3 is 0 Å². The lowest BCUT2D eigenvalue weighted by Crippen LogP contribution is -2.44. The maximum atomic E-state index is 13.4. The molecule has 0 saturated carbocycles. The highest BCUT2D eigenvalue weighted by Crippen LogP contribution is 2.33. The predicted octanol–water partition coefficient (Wildman–Crippen LogP) is 3.90. The minimum absolute atomic E-state index is 0.0889. The molecule has 2 aromatic rings. The predicted molar refractivity (Wildman–Crippen MR) is 118 cm³/mol. The summed E-state index contributed by atoms with van der Waals surface area (Å²) in [6.45, 7) is 6.74. The molecular weight excluding hydrogens is 390 g/mol. The van der Waals surface area contributed by atoms with Crippen LogP contribution in [0.4, 0.5) is 0 Å². The molecule has 1 aromatic carbocycles. The quantitative estimate of drug-likeness (QED) is 0.732. The van der Waals surface area contributed by atoms with E-state index >= 15 is 0 Å². The number of rotatable bonds is 5. The van der Waals surface area contributed by atoms with Crippen LogP contribution in [0.5, 0.6) is 0 Å². The molecule has 0 radical (unpaired) electrons. The first-order valence-corrected chi connectivity index (χ1v) is 11.5. The summed E-state index contributed by atoms with van der Waals surface area (Å²) in [6, 6.07) is 10.3. The van der Waals surface area contributed by atoms with E-state index in [1.807, 2.05) is 36.9 Å². The van der Waals surface area contributed by atoms with Crippen molar-refractivity contribution in [3.05, 3.63) is 52.9 Å². The summed E-state index contributed by atoms with van der Waals surface area (Å²) in [5.41, 5.74) is 2.89. The van der Waals surface area contributed by atoms with Crippen molar-refractivity contribution in [3.63, 3.8) is 0 Å². The molecule has 0 unspecified atom stereocenters. The Bertz CT molecular complexity index is 880. The summed E-state index contributed by atoms with van der Waals surface area (Å²) >= 11 is 0. The van der Waals surface area contributed by atoms with Crippen LogP contribution in [0.25, 0.3) is 0 Å². The van der Waals surface area contributed by atoms with E-state index in [-0.39, 0.29) is 11.8 Å². The molecule has 166 valence electrons. The lowest BCUT2D eigenvalue weighted by molar-refractivity contribution is -0.138. The highest BCUT2D eigenvalue weighted by Gasteiger charge is 2.36. The number of carbonyl (C=O) groups excluding carboxylic acids is 2. The normalized spacial score (nSPS) is 20.7. The van der Waals surface area contributed by atoms with Gasteiger partial charge in [-0.2, -0.15) is 0 Å². The van der Waals surface area contributed by atoms with Crippen molar-refractivity contribution < 1.29 is 14.1 Å². The number of aryl methyl sites for hydroxylation is 2. The van der Waals surface area contributed by atoms with E-state index in [9.17, 15) is 9.59 Å². The minimum atomic E-state index is 0.0889. The number of carbonyl (C=O) groups is 2. The van der Waals surface area contributed by atoms with Crippen LogP contribution in [-0.2, 0) is 22.6 Å². The van der Waals surface area contributed by atoms with Crippen LogP contribution in [0.1, 0.15) is 54.7 Å². The van der Waals surface area contributed by atoms with E-state index in [0.717, 1.165) is 68.8 Å². The summed E-state index contributed by atoms with van der Waals surface area (Å²) in [5.74, 6) is 1.62. The number of likely N-dealkylation sites (tertiary alicyclic amines) is 2. The van der Waals surface area contributed by atoms with Crippen LogP contribution in [-0.4, -0.2) is 46.4 Å². The highest BCUT2D eigenvalue weighted by molar-refractivity contribution is 5.80. The van der Waals surface area contributed by atoms with Crippen molar-refractivity contribution in [2.24, 2.45) is 11.8 Å². The first-order valence-electron chi connectivity index (χ1n) is 11.5. The van der Waals surface area contributed by atoms with Crippen LogP contribution < -0.4 is 0 Å². The largest absolute Gasteiger partial charge is 0.361 e. The lowest BCUT2D eigenvalue weighted by Gasteiger charge is -2.36. The summed E-state index contributed by atoms with van der Waals surface area (Å²) < 4.78 is 5.19. The third-order valence-electron chi connectivity index (χ3n) is 7.01. The van der Waals surface area contributed by atoms with Crippen molar-refractivity contribution in [2.45, 2.75) is 58.9 Å². The molecule has 2 aliphatic rings. The maximum absolute atomic E-state index is 13.4. The molecule has 1 aromatic heterocycles. The van der Waals surface area contributed by atoms with E-state index in [1.54, 1.807) is 0 Å². The molecule has 3 heterocycles. The number of hydrogen-bond acceptors (Lipinski definition) is 4. The van der Waals surface area contributed by atoms with Crippen molar-refractivity contribution in [1.29, 1.82) is 0 Å². The molecule has 0 spiro atoms. The Morgan fingerprint density at radius 2 is 1.81 bits per heavy atom. The van der Waals surface area contributed by atoms with Crippen LogP contribution in [0.15, 0.2) is 34.9 Å². The van der Waals surface area contributed by atoms with Gasteiger partial charge in [0, 0.05) is 37.7 Å². The van der Waals surface area contributed by atoms with E-state index in [0.29, 0.717) is 24.8 Å².